The Morgan fingerprint density at radius 2 is 2.24 bits per heavy atom. The maximum atomic E-state index is 11.6. The van der Waals surface area contributed by atoms with Gasteiger partial charge in [0.2, 0.25) is 0 Å². The molecule has 2 rings (SSSR count). The quantitative estimate of drug-likeness (QED) is 0.794. The minimum atomic E-state index is -0.166. The number of nitrogens with one attached hydrogen (secondary N) is 2. The van der Waals surface area contributed by atoms with E-state index in [9.17, 15) is 4.79 Å². The number of ether oxygens (including phenoxy) is 1. The van der Waals surface area contributed by atoms with Gasteiger partial charge in [-0.1, -0.05) is 19.8 Å². The van der Waals surface area contributed by atoms with Gasteiger partial charge in [0.1, 0.15) is 0 Å². The van der Waals surface area contributed by atoms with Gasteiger partial charge in [-0.05, 0) is 25.7 Å². The zero-order valence-electron chi connectivity index (χ0n) is 12.9. The van der Waals surface area contributed by atoms with Crippen molar-refractivity contribution in [2.24, 2.45) is 5.92 Å². The monoisotopic (exact) mass is 311 g/mol. The molecule has 1 aromatic rings. The maximum Gasteiger partial charge on any atom is 0.315 e. The standard InChI is InChI=1S/C15H25N3O2S/c1-11-5-3-4-6-14(11)20-8-7-16-15(19)17-9-13-10-21-12(2)18-13/h10-11,14H,3-9H2,1-2H3,(H2,16,17,19)/t11-,14-/m0/s1. The van der Waals surface area contributed by atoms with Crippen LogP contribution in [-0.4, -0.2) is 30.3 Å². The fourth-order valence-corrected chi connectivity index (χ4v) is 3.24. The minimum absolute atomic E-state index is 0.166. The number of hydrogen-bond donors (Lipinski definition) is 2. The SMILES string of the molecule is Cc1nc(CNC(=O)NCCO[C@H]2CCCC[C@@H]2C)cs1. The highest BCUT2D eigenvalue weighted by molar-refractivity contribution is 7.09. The Kier molecular flexibility index (Phi) is 6.45. The van der Waals surface area contributed by atoms with Crippen LogP contribution in [0, 0.1) is 12.8 Å². The summed E-state index contributed by atoms with van der Waals surface area (Å²) >= 11 is 1.59. The first-order chi connectivity index (χ1) is 10.1. The highest BCUT2D eigenvalue weighted by Crippen LogP contribution is 2.25. The lowest BCUT2D eigenvalue weighted by atomic mass is 9.88. The molecule has 0 bridgehead atoms. The summed E-state index contributed by atoms with van der Waals surface area (Å²) in [7, 11) is 0. The number of rotatable bonds is 6. The number of aryl methyl sites for hydroxylation is 1. The number of hydrogen-bond acceptors (Lipinski definition) is 4. The topological polar surface area (TPSA) is 63.2 Å². The average molecular weight is 311 g/mol. The van der Waals surface area contributed by atoms with Crippen LogP contribution < -0.4 is 10.6 Å². The molecule has 0 radical (unpaired) electrons. The Hall–Kier alpha value is -1.14. The van der Waals surface area contributed by atoms with Gasteiger partial charge >= 0.3 is 6.03 Å². The summed E-state index contributed by atoms with van der Waals surface area (Å²) in [5.74, 6) is 0.639. The molecular formula is C15H25N3O2S. The van der Waals surface area contributed by atoms with Crippen molar-refractivity contribution < 1.29 is 9.53 Å². The molecule has 0 unspecified atom stereocenters. The molecule has 1 aliphatic rings. The average Bonchev–Trinajstić information content (AvgIpc) is 2.89. The largest absolute Gasteiger partial charge is 0.376 e. The first kappa shape index (κ1) is 16.2. The Morgan fingerprint density at radius 1 is 1.43 bits per heavy atom. The number of aromatic nitrogens is 1. The summed E-state index contributed by atoms with van der Waals surface area (Å²) in [6.07, 6.45) is 5.34. The fourth-order valence-electron chi connectivity index (χ4n) is 2.63. The van der Waals surface area contributed by atoms with Gasteiger partial charge in [0.15, 0.2) is 0 Å². The fraction of sp³-hybridized carbons (Fsp3) is 0.733. The summed E-state index contributed by atoms with van der Waals surface area (Å²) in [6.45, 7) is 5.80. The van der Waals surface area contributed by atoms with E-state index >= 15 is 0 Å². The molecular weight excluding hydrogens is 286 g/mol. The molecule has 1 aliphatic carbocycles. The number of thiazole rings is 1. The number of amides is 2. The first-order valence-corrected chi connectivity index (χ1v) is 8.57. The molecule has 6 heteroatoms. The van der Waals surface area contributed by atoms with Crippen molar-refractivity contribution in [2.45, 2.75) is 52.2 Å². The molecule has 2 atom stereocenters. The molecule has 0 aliphatic heterocycles. The summed E-state index contributed by atoms with van der Waals surface area (Å²) in [6, 6.07) is -0.166. The Balaban J connectivity index is 1.54. The van der Waals surface area contributed by atoms with Gasteiger partial charge in [-0.3, -0.25) is 0 Å². The second-order valence-corrected chi connectivity index (χ2v) is 6.70. The van der Waals surface area contributed by atoms with Crippen LogP contribution in [0.15, 0.2) is 5.38 Å². The third-order valence-corrected chi connectivity index (χ3v) is 4.67. The molecule has 1 fully saturated rings. The number of urea groups is 1. The van der Waals surface area contributed by atoms with Crippen molar-refractivity contribution in [3.05, 3.63) is 16.1 Å². The van der Waals surface area contributed by atoms with Gasteiger partial charge in [-0.2, -0.15) is 0 Å². The van der Waals surface area contributed by atoms with Crippen LogP contribution >= 0.6 is 11.3 Å². The summed E-state index contributed by atoms with van der Waals surface area (Å²) in [5.41, 5.74) is 0.903. The van der Waals surface area contributed by atoms with Gasteiger partial charge in [-0.15, -0.1) is 11.3 Å². The van der Waals surface area contributed by atoms with Gasteiger partial charge in [0.05, 0.1) is 30.0 Å². The molecule has 118 valence electrons. The first-order valence-electron chi connectivity index (χ1n) is 7.69. The molecule has 2 N–H and O–H groups in total. The number of carbonyl (C=O) groups is 1. The molecule has 1 saturated carbocycles. The predicted molar refractivity (Wildman–Crippen MR) is 84.5 cm³/mol. The molecule has 0 aromatic carbocycles. The Labute approximate surface area is 130 Å². The molecule has 2 amide bonds. The van der Waals surface area contributed by atoms with Gasteiger partial charge in [0.25, 0.3) is 0 Å². The summed E-state index contributed by atoms with van der Waals surface area (Å²) in [4.78, 5) is 15.9. The van der Waals surface area contributed by atoms with Gasteiger partial charge < -0.3 is 15.4 Å². The smallest absolute Gasteiger partial charge is 0.315 e. The van der Waals surface area contributed by atoms with E-state index in [1.807, 2.05) is 12.3 Å². The van der Waals surface area contributed by atoms with Crippen molar-refractivity contribution in [3.63, 3.8) is 0 Å². The van der Waals surface area contributed by atoms with E-state index in [0.717, 1.165) is 17.1 Å². The van der Waals surface area contributed by atoms with Crippen molar-refractivity contribution in [1.29, 1.82) is 0 Å². The lowest BCUT2D eigenvalue weighted by Gasteiger charge is -2.28. The number of carbonyl (C=O) groups excluding carboxylic acids is 1. The van der Waals surface area contributed by atoms with E-state index in [4.69, 9.17) is 4.74 Å². The van der Waals surface area contributed by atoms with E-state index in [0.29, 0.717) is 31.7 Å². The highest BCUT2D eigenvalue weighted by atomic mass is 32.1. The van der Waals surface area contributed by atoms with Crippen molar-refractivity contribution in [1.82, 2.24) is 15.6 Å². The zero-order valence-corrected chi connectivity index (χ0v) is 13.7. The Bertz CT molecular complexity index is 450. The normalized spacial score (nSPS) is 22.0. The van der Waals surface area contributed by atoms with Crippen LogP contribution in [0.2, 0.25) is 0 Å². The van der Waals surface area contributed by atoms with Crippen molar-refractivity contribution in [3.8, 4) is 0 Å². The van der Waals surface area contributed by atoms with Gasteiger partial charge in [-0.25, -0.2) is 9.78 Å². The van der Waals surface area contributed by atoms with E-state index in [-0.39, 0.29) is 6.03 Å². The summed E-state index contributed by atoms with van der Waals surface area (Å²) < 4.78 is 5.86. The Morgan fingerprint density at radius 3 is 2.95 bits per heavy atom. The second kappa shape index (κ2) is 8.34. The lowest BCUT2D eigenvalue weighted by Crippen LogP contribution is -2.38. The molecule has 1 aromatic heterocycles. The summed E-state index contributed by atoms with van der Waals surface area (Å²) in [5, 5.41) is 8.59. The molecule has 21 heavy (non-hydrogen) atoms. The van der Waals surface area contributed by atoms with E-state index < -0.39 is 0 Å². The molecule has 5 nitrogen and oxygen atoms in total. The van der Waals surface area contributed by atoms with Crippen molar-refractivity contribution in [2.75, 3.05) is 13.2 Å². The maximum absolute atomic E-state index is 11.6. The van der Waals surface area contributed by atoms with Crippen LogP contribution in [0.1, 0.15) is 43.3 Å². The zero-order chi connectivity index (χ0) is 15.1. The molecule has 0 spiro atoms. The van der Waals surface area contributed by atoms with E-state index in [1.54, 1.807) is 11.3 Å². The van der Waals surface area contributed by atoms with E-state index in [1.165, 1.54) is 19.3 Å². The van der Waals surface area contributed by atoms with Gasteiger partial charge in [0, 0.05) is 11.9 Å². The van der Waals surface area contributed by atoms with Crippen LogP contribution in [0.25, 0.3) is 0 Å². The number of nitrogens with zero attached hydrogens (tertiary/aromatic N) is 1. The van der Waals surface area contributed by atoms with Crippen LogP contribution in [0.5, 0.6) is 0 Å². The second-order valence-electron chi connectivity index (χ2n) is 5.64. The molecule has 0 saturated heterocycles. The highest BCUT2D eigenvalue weighted by Gasteiger charge is 2.21. The van der Waals surface area contributed by atoms with E-state index in [2.05, 4.69) is 22.5 Å². The third kappa shape index (κ3) is 5.63. The van der Waals surface area contributed by atoms with Crippen LogP contribution in [0.3, 0.4) is 0 Å². The van der Waals surface area contributed by atoms with Crippen LogP contribution in [-0.2, 0) is 11.3 Å². The lowest BCUT2D eigenvalue weighted by molar-refractivity contribution is -0.00243. The minimum Gasteiger partial charge on any atom is -0.376 e. The molecule has 1 heterocycles. The predicted octanol–water partition coefficient (Wildman–Crippen LogP) is 2.85. The van der Waals surface area contributed by atoms with Crippen LogP contribution in [0.4, 0.5) is 4.79 Å². The third-order valence-electron chi connectivity index (χ3n) is 3.85. The van der Waals surface area contributed by atoms with Crippen molar-refractivity contribution >= 4 is 17.4 Å².